The maximum atomic E-state index is 14.4. The first-order valence-electron chi connectivity index (χ1n) is 15.0. The van der Waals surface area contributed by atoms with Gasteiger partial charge in [0.25, 0.3) is 0 Å². The second-order valence-corrected chi connectivity index (χ2v) is 13.2. The fourth-order valence-corrected chi connectivity index (χ4v) is 7.49. The molecule has 1 atom stereocenters. The summed E-state index contributed by atoms with van der Waals surface area (Å²) in [6.45, 7) is 11.3. The molecule has 43 heavy (non-hydrogen) atoms. The summed E-state index contributed by atoms with van der Waals surface area (Å²) in [7, 11) is -0.331. The van der Waals surface area contributed by atoms with E-state index in [-0.39, 0.29) is 17.2 Å². The predicted octanol–water partition coefficient (Wildman–Crippen LogP) is 4.18. The lowest BCUT2D eigenvalue weighted by Crippen LogP contribution is -2.50. The smallest absolute Gasteiger partial charge is 0.241 e. The molecule has 4 rings (SSSR count). The zero-order valence-electron chi connectivity index (χ0n) is 26.2. The number of nitrogens with one attached hydrogen (secondary N) is 1. The Labute approximate surface area is 257 Å². The van der Waals surface area contributed by atoms with Crippen molar-refractivity contribution in [2.45, 2.75) is 51.1 Å². The number of hydrogen-bond acceptors (Lipinski definition) is 6. The molecule has 0 aliphatic carbocycles. The van der Waals surface area contributed by atoms with Crippen LogP contribution in [0.3, 0.4) is 0 Å². The molecule has 0 spiro atoms. The third kappa shape index (κ3) is 8.66. The Morgan fingerprint density at radius 1 is 0.930 bits per heavy atom. The Hall–Kier alpha value is -3.24. The topological polar surface area (TPSA) is 82.2 Å². The minimum Gasteiger partial charge on any atom is -0.496 e. The van der Waals surface area contributed by atoms with Crippen LogP contribution >= 0.6 is 0 Å². The molecule has 9 heteroatoms. The number of sulfonamides is 1. The lowest BCUT2D eigenvalue weighted by Gasteiger charge is -2.33. The highest BCUT2D eigenvalue weighted by Gasteiger charge is 2.32. The molecule has 1 saturated heterocycles. The first-order valence-corrected chi connectivity index (χ1v) is 16.5. The van der Waals surface area contributed by atoms with Gasteiger partial charge in [-0.15, -0.1) is 0 Å². The van der Waals surface area contributed by atoms with Crippen LogP contribution in [0.25, 0.3) is 0 Å². The van der Waals surface area contributed by atoms with E-state index in [0.717, 1.165) is 55.8 Å². The van der Waals surface area contributed by atoms with Crippen molar-refractivity contribution in [2.24, 2.45) is 0 Å². The summed E-state index contributed by atoms with van der Waals surface area (Å²) in [5.41, 5.74) is 3.85. The molecule has 1 aliphatic heterocycles. The molecule has 0 bridgehead atoms. The third-order valence-corrected chi connectivity index (χ3v) is 10.1. The van der Waals surface area contributed by atoms with E-state index >= 15 is 0 Å². The summed E-state index contributed by atoms with van der Waals surface area (Å²) in [6.07, 6.45) is 1.05. The van der Waals surface area contributed by atoms with E-state index in [2.05, 4.69) is 21.6 Å². The van der Waals surface area contributed by atoms with E-state index in [9.17, 15) is 13.2 Å². The number of carbonyl (C=O) groups is 1. The van der Waals surface area contributed by atoms with Crippen LogP contribution in [0.15, 0.2) is 71.6 Å². The molecule has 1 aliphatic rings. The molecule has 3 aromatic rings. The number of methoxy groups -OCH3 is 1. The Morgan fingerprint density at radius 2 is 1.53 bits per heavy atom. The second-order valence-electron chi connectivity index (χ2n) is 11.6. The van der Waals surface area contributed by atoms with Gasteiger partial charge >= 0.3 is 0 Å². The van der Waals surface area contributed by atoms with Crippen LogP contribution in [0.5, 0.6) is 5.75 Å². The Kier molecular flexibility index (Phi) is 11.4. The quantitative estimate of drug-likeness (QED) is 0.315. The Bertz CT molecular complexity index is 1460. The standard InChI is InChI=1S/C34H46N4O4S/c1-26-23-32(42-5)27(2)28(3)33(26)43(40,41)35-31(24-29-13-8-6-9-14-29)34(39)38(25-30-15-10-7-11-16-30)18-12-17-37-21-19-36(4)20-22-37/h6-11,13-16,23,31,35H,12,17-22,24-25H2,1-5H3/t31-/m0/s1. The van der Waals surface area contributed by atoms with Crippen molar-refractivity contribution < 1.29 is 17.9 Å². The van der Waals surface area contributed by atoms with Crippen molar-refractivity contribution in [3.8, 4) is 5.75 Å². The van der Waals surface area contributed by atoms with E-state index in [0.29, 0.717) is 30.0 Å². The lowest BCUT2D eigenvalue weighted by atomic mass is 10.0. The highest BCUT2D eigenvalue weighted by Crippen LogP contribution is 2.31. The number of carbonyl (C=O) groups excluding carboxylic acids is 1. The molecule has 0 saturated carbocycles. The molecule has 3 aromatic carbocycles. The molecular weight excluding hydrogens is 560 g/mol. The molecule has 1 N–H and O–H groups in total. The molecule has 0 radical (unpaired) electrons. The number of benzene rings is 3. The molecule has 0 unspecified atom stereocenters. The fourth-order valence-electron chi connectivity index (χ4n) is 5.77. The van der Waals surface area contributed by atoms with Crippen LogP contribution in [-0.4, -0.2) is 88.5 Å². The van der Waals surface area contributed by atoms with Crippen molar-refractivity contribution in [3.05, 3.63) is 94.5 Å². The van der Waals surface area contributed by atoms with Crippen molar-refractivity contribution in [1.29, 1.82) is 0 Å². The van der Waals surface area contributed by atoms with Gasteiger partial charge in [0.1, 0.15) is 11.8 Å². The monoisotopic (exact) mass is 606 g/mol. The highest BCUT2D eigenvalue weighted by atomic mass is 32.2. The summed E-state index contributed by atoms with van der Waals surface area (Å²) in [5.74, 6) is 0.412. The Balaban J connectivity index is 1.62. The number of nitrogens with zero attached hydrogens (tertiary/aromatic N) is 3. The largest absolute Gasteiger partial charge is 0.496 e. The number of ether oxygens (including phenoxy) is 1. The number of piperazine rings is 1. The van der Waals surface area contributed by atoms with E-state index in [4.69, 9.17) is 4.74 Å². The summed E-state index contributed by atoms with van der Waals surface area (Å²) in [4.78, 5) is 21.2. The van der Waals surface area contributed by atoms with E-state index < -0.39 is 16.1 Å². The van der Waals surface area contributed by atoms with Crippen molar-refractivity contribution >= 4 is 15.9 Å². The van der Waals surface area contributed by atoms with Gasteiger partial charge in [0.2, 0.25) is 15.9 Å². The SMILES string of the molecule is COc1cc(C)c(S(=O)(=O)N[C@@H](Cc2ccccc2)C(=O)N(CCCN2CCN(C)CC2)Cc2ccccc2)c(C)c1C. The maximum Gasteiger partial charge on any atom is 0.241 e. The normalized spacial score (nSPS) is 15.3. The van der Waals surface area contributed by atoms with Gasteiger partial charge in [-0.3, -0.25) is 4.79 Å². The number of likely N-dealkylation sites (N-methyl/N-ethyl adjacent to an activating group) is 1. The molecule has 1 fully saturated rings. The lowest BCUT2D eigenvalue weighted by molar-refractivity contribution is -0.133. The van der Waals surface area contributed by atoms with Crippen LogP contribution in [0, 0.1) is 20.8 Å². The Morgan fingerprint density at radius 3 is 2.14 bits per heavy atom. The molecule has 8 nitrogen and oxygen atoms in total. The van der Waals surface area contributed by atoms with Gasteiger partial charge in [-0.25, -0.2) is 8.42 Å². The number of rotatable bonds is 13. The van der Waals surface area contributed by atoms with Gasteiger partial charge in [0, 0.05) is 39.3 Å². The van der Waals surface area contributed by atoms with Gasteiger partial charge in [0.05, 0.1) is 12.0 Å². The van der Waals surface area contributed by atoms with Crippen LogP contribution in [0.4, 0.5) is 0 Å². The van der Waals surface area contributed by atoms with Crippen LogP contribution in [0.2, 0.25) is 0 Å². The van der Waals surface area contributed by atoms with E-state index in [1.165, 1.54) is 0 Å². The number of hydrogen-bond donors (Lipinski definition) is 1. The zero-order chi connectivity index (χ0) is 31.0. The maximum absolute atomic E-state index is 14.4. The van der Waals surface area contributed by atoms with Crippen molar-refractivity contribution in [3.63, 3.8) is 0 Å². The average molecular weight is 607 g/mol. The van der Waals surface area contributed by atoms with Crippen LogP contribution in [-0.2, 0) is 27.8 Å². The fraction of sp³-hybridized carbons (Fsp3) is 0.441. The van der Waals surface area contributed by atoms with Crippen molar-refractivity contribution in [1.82, 2.24) is 19.4 Å². The van der Waals surface area contributed by atoms with Gasteiger partial charge in [-0.1, -0.05) is 60.7 Å². The first-order chi connectivity index (χ1) is 20.6. The van der Waals surface area contributed by atoms with Gasteiger partial charge in [-0.05, 0) is 81.1 Å². The third-order valence-electron chi connectivity index (χ3n) is 8.37. The number of amides is 1. The second kappa shape index (κ2) is 15.0. The molecule has 1 amide bonds. The summed E-state index contributed by atoms with van der Waals surface area (Å²) in [5, 5.41) is 0. The minimum atomic E-state index is -4.05. The molecule has 232 valence electrons. The van der Waals surface area contributed by atoms with Crippen LogP contribution in [0.1, 0.15) is 34.2 Å². The average Bonchev–Trinajstić information content (AvgIpc) is 2.99. The van der Waals surface area contributed by atoms with Crippen molar-refractivity contribution in [2.75, 3.05) is 53.4 Å². The minimum absolute atomic E-state index is 0.196. The molecule has 0 aromatic heterocycles. The van der Waals surface area contributed by atoms with Gasteiger partial charge < -0.3 is 19.4 Å². The van der Waals surface area contributed by atoms with E-state index in [1.54, 1.807) is 27.0 Å². The van der Waals surface area contributed by atoms with Gasteiger partial charge in [-0.2, -0.15) is 4.72 Å². The first kappa shape index (κ1) is 32.7. The predicted molar refractivity (Wildman–Crippen MR) is 172 cm³/mol. The highest BCUT2D eigenvalue weighted by molar-refractivity contribution is 7.89. The van der Waals surface area contributed by atoms with E-state index in [1.807, 2.05) is 72.5 Å². The van der Waals surface area contributed by atoms with Crippen LogP contribution < -0.4 is 9.46 Å². The summed E-state index contributed by atoms with van der Waals surface area (Å²) >= 11 is 0. The van der Waals surface area contributed by atoms with Gasteiger partial charge in [0.15, 0.2) is 0 Å². The number of aryl methyl sites for hydroxylation is 1. The summed E-state index contributed by atoms with van der Waals surface area (Å²) in [6, 6.07) is 20.2. The zero-order valence-corrected chi connectivity index (χ0v) is 27.0. The molecular formula is C34H46N4O4S. The molecule has 1 heterocycles. The summed E-state index contributed by atoms with van der Waals surface area (Å²) < 4.78 is 36.4.